The van der Waals surface area contributed by atoms with Crippen molar-refractivity contribution in [2.75, 3.05) is 67.5 Å². The van der Waals surface area contributed by atoms with E-state index in [9.17, 15) is 9.59 Å². The normalized spacial score (nSPS) is 14.2. The average molecular weight is 1160 g/mol. The minimum atomic E-state index is 0.422. The molecule has 0 aliphatic carbocycles. The highest BCUT2D eigenvalue weighted by molar-refractivity contribution is 5.76. The molecule has 0 aromatic carbocycles. The number of unbranched alkanes of at least 4 members (excludes halogenated alkanes) is 28. The fourth-order valence-electron chi connectivity index (χ4n) is 13.8. The van der Waals surface area contributed by atoms with E-state index in [0.29, 0.717) is 54.2 Å². The Morgan fingerprint density at radius 3 is 0.939 bits per heavy atom. The lowest BCUT2D eigenvalue weighted by Gasteiger charge is -2.36. The number of hydrogen-bond donors (Lipinski definition) is 0. The van der Waals surface area contributed by atoms with Crippen molar-refractivity contribution in [1.29, 1.82) is 0 Å². The van der Waals surface area contributed by atoms with Crippen molar-refractivity contribution in [1.82, 2.24) is 19.6 Å². The zero-order chi connectivity index (χ0) is 60.5. The second-order valence-electron chi connectivity index (χ2n) is 28.1. The van der Waals surface area contributed by atoms with Crippen LogP contribution in [0.25, 0.3) is 0 Å². The van der Waals surface area contributed by atoms with Crippen LogP contribution in [0.5, 0.6) is 0 Å². The van der Waals surface area contributed by atoms with Crippen LogP contribution in [0.15, 0.2) is 0 Å². The molecule has 0 rings (SSSR count). The van der Waals surface area contributed by atoms with Gasteiger partial charge in [0.2, 0.25) is 11.8 Å². The highest BCUT2D eigenvalue weighted by Gasteiger charge is 2.30. The number of amides is 2. The molecular formula is C76H154N4O2. The van der Waals surface area contributed by atoms with Crippen LogP contribution in [-0.2, 0) is 9.59 Å². The summed E-state index contributed by atoms with van der Waals surface area (Å²) in [6.07, 6.45) is 64.2. The molecule has 82 heavy (non-hydrogen) atoms. The summed E-state index contributed by atoms with van der Waals surface area (Å²) in [5.74, 6) is 4.67. The molecule has 0 saturated carbocycles. The maximum absolute atomic E-state index is 14.8. The molecule has 0 N–H and O–H groups in total. The number of hydrogen-bond acceptors (Lipinski definition) is 4. The number of rotatable bonds is 65. The van der Waals surface area contributed by atoms with Crippen LogP contribution < -0.4 is 0 Å². The van der Waals surface area contributed by atoms with Crippen LogP contribution in [0.1, 0.15) is 376 Å². The molecule has 0 aromatic heterocycles. The van der Waals surface area contributed by atoms with Gasteiger partial charge in [0, 0.05) is 45.6 Å². The summed E-state index contributed by atoms with van der Waals surface area (Å²) < 4.78 is 0. The summed E-state index contributed by atoms with van der Waals surface area (Å²) in [7, 11) is 8.64. The Kier molecular flexibility index (Phi) is 59.3. The van der Waals surface area contributed by atoms with Crippen LogP contribution in [0, 0.1) is 35.5 Å². The Labute approximate surface area is 517 Å². The van der Waals surface area contributed by atoms with Crippen LogP contribution >= 0.6 is 0 Å². The van der Waals surface area contributed by atoms with Gasteiger partial charge in [0.05, 0.1) is 0 Å². The van der Waals surface area contributed by atoms with Crippen LogP contribution in [0.2, 0.25) is 0 Å². The molecule has 0 spiro atoms. The van der Waals surface area contributed by atoms with E-state index in [1.165, 1.54) is 295 Å². The highest BCUT2D eigenvalue weighted by Crippen LogP contribution is 2.37. The molecule has 2 amide bonds. The van der Waals surface area contributed by atoms with E-state index in [2.05, 4.69) is 103 Å². The molecule has 0 aliphatic heterocycles. The Bertz CT molecular complexity index is 1320. The van der Waals surface area contributed by atoms with E-state index in [1.807, 2.05) is 0 Å². The van der Waals surface area contributed by atoms with Gasteiger partial charge in [-0.2, -0.15) is 0 Å². The van der Waals surface area contributed by atoms with Gasteiger partial charge in [-0.1, -0.05) is 293 Å². The number of nitrogens with zero attached hydrogens (tertiary/aromatic N) is 4. The molecule has 6 nitrogen and oxygen atoms in total. The van der Waals surface area contributed by atoms with Gasteiger partial charge in [-0.05, 0) is 141 Å². The zero-order valence-corrected chi connectivity index (χ0v) is 58.7. The zero-order valence-electron chi connectivity index (χ0n) is 58.7. The Hall–Kier alpha value is -1.14. The van der Waals surface area contributed by atoms with Gasteiger partial charge in [-0.3, -0.25) is 9.59 Å². The molecule has 0 saturated heterocycles. The lowest BCUT2D eigenvalue weighted by molar-refractivity contribution is -0.133. The van der Waals surface area contributed by atoms with Crippen molar-refractivity contribution in [3.63, 3.8) is 0 Å². The Morgan fingerprint density at radius 2 is 0.549 bits per heavy atom. The van der Waals surface area contributed by atoms with E-state index in [4.69, 9.17) is 0 Å². The monoisotopic (exact) mass is 1160 g/mol. The second-order valence-corrected chi connectivity index (χ2v) is 28.1. The SMILES string of the molecule is CCCCCCCCC(CCCCCC)CN(CC(CCCCCC)CCC(CCCCC)C(CCCC)CC(CCCCCCCC)CN(CC(CCCCCC)CCCCCCCC)C(=O)CCN(C)C)C(=O)CCCCN(C)C. The molecule has 0 radical (unpaired) electrons. The van der Waals surface area contributed by atoms with Crippen LogP contribution in [-0.4, -0.2) is 98.9 Å². The van der Waals surface area contributed by atoms with E-state index >= 15 is 0 Å². The fourth-order valence-corrected chi connectivity index (χ4v) is 13.8. The third-order valence-electron chi connectivity index (χ3n) is 19.3. The van der Waals surface area contributed by atoms with Gasteiger partial charge in [0.25, 0.3) is 0 Å². The third-order valence-corrected chi connectivity index (χ3v) is 19.3. The van der Waals surface area contributed by atoms with Crippen molar-refractivity contribution in [3.05, 3.63) is 0 Å². The molecule has 0 heterocycles. The summed E-state index contributed by atoms with van der Waals surface area (Å²) in [5.41, 5.74) is 0. The van der Waals surface area contributed by atoms with Crippen molar-refractivity contribution in [2.45, 2.75) is 376 Å². The van der Waals surface area contributed by atoms with Crippen LogP contribution in [0.3, 0.4) is 0 Å². The first-order chi connectivity index (χ1) is 39.9. The first-order valence-corrected chi connectivity index (χ1v) is 37.8. The van der Waals surface area contributed by atoms with E-state index in [1.54, 1.807) is 0 Å². The second kappa shape index (κ2) is 60.2. The van der Waals surface area contributed by atoms with E-state index in [-0.39, 0.29) is 0 Å². The van der Waals surface area contributed by atoms with Crippen molar-refractivity contribution in [3.8, 4) is 0 Å². The third kappa shape index (κ3) is 48.9. The van der Waals surface area contributed by atoms with Gasteiger partial charge in [-0.25, -0.2) is 0 Å². The van der Waals surface area contributed by atoms with Crippen molar-refractivity contribution < 1.29 is 9.59 Å². The number of carbonyl (C=O) groups excluding carboxylic acids is 2. The molecular weight excluding hydrogens is 1000 g/mol. The van der Waals surface area contributed by atoms with Gasteiger partial charge < -0.3 is 19.6 Å². The predicted octanol–water partition coefficient (Wildman–Crippen LogP) is 23.1. The molecule has 6 atom stereocenters. The first-order valence-electron chi connectivity index (χ1n) is 37.8. The largest absolute Gasteiger partial charge is 0.342 e. The lowest BCUT2D eigenvalue weighted by atomic mass is 9.74. The quantitative estimate of drug-likeness (QED) is 0.0570. The van der Waals surface area contributed by atoms with E-state index in [0.717, 1.165) is 58.0 Å². The topological polar surface area (TPSA) is 47.1 Å². The summed E-state index contributed by atoms with van der Waals surface area (Å²) in [6, 6.07) is 0. The molecule has 0 aliphatic rings. The van der Waals surface area contributed by atoms with Crippen molar-refractivity contribution >= 4 is 11.8 Å². The molecule has 0 fully saturated rings. The fraction of sp³-hybridized carbons (Fsp3) is 0.974. The minimum Gasteiger partial charge on any atom is -0.342 e. The van der Waals surface area contributed by atoms with Crippen LogP contribution in [0.4, 0.5) is 0 Å². The van der Waals surface area contributed by atoms with Gasteiger partial charge in [0.1, 0.15) is 0 Å². The molecule has 6 unspecified atom stereocenters. The van der Waals surface area contributed by atoms with Gasteiger partial charge >= 0.3 is 0 Å². The maximum atomic E-state index is 14.8. The molecule has 0 bridgehead atoms. The average Bonchev–Trinajstić information content (AvgIpc) is 3.48. The standard InChI is InChI=1S/C76H154N4O2/c1-13-21-29-35-38-45-52-69(50-42-32-24-16-4)65-79(75(81)58-48-49-62-77(9)10)67-71(54-44-34-26-18-6)59-60-73(57-41-27-19-7)74(56-28-20-8)64-72(55-47-40-37-31-23-15-3)68-80(76(82)61-63-78(11)12)66-70(51-43-33-25-17-5)53-46-39-36-30-22-14-2/h69-74H,13-68H2,1-12H3. The maximum Gasteiger partial charge on any atom is 0.223 e. The Morgan fingerprint density at radius 1 is 0.256 bits per heavy atom. The smallest absolute Gasteiger partial charge is 0.223 e. The van der Waals surface area contributed by atoms with E-state index < -0.39 is 0 Å². The minimum absolute atomic E-state index is 0.422. The first kappa shape index (κ1) is 80.9. The van der Waals surface area contributed by atoms with Crippen molar-refractivity contribution in [2.24, 2.45) is 35.5 Å². The predicted molar refractivity (Wildman–Crippen MR) is 367 cm³/mol. The summed E-state index contributed by atoms with van der Waals surface area (Å²) in [6.45, 7) is 24.7. The molecule has 6 heteroatoms. The summed E-state index contributed by atoms with van der Waals surface area (Å²) in [4.78, 5) is 39.1. The lowest BCUT2D eigenvalue weighted by Crippen LogP contribution is -2.41. The van der Waals surface area contributed by atoms with Gasteiger partial charge in [-0.15, -0.1) is 0 Å². The summed E-state index contributed by atoms with van der Waals surface area (Å²) in [5, 5.41) is 0. The molecule has 490 valence electrons. The number of carbonyl (C=O) groups is 2. The molecule has 0 aromatic rings. The Balaban J connectivity index is 7.37. The van der Waals surface area contributed by atoms with Gasteiger partial charge in [0.15, 0.2) is 0 Å². The summed E-state index contributed by atoms with van der Waals surface area (Å²) >= 11 is 0. The highest BCUT2D eigenvalue weighted by atomic mass is 16.2.